The Labute approximate surface area is 172 Å². The van der Waals surface area contributed by atoms with Gasteiger partial charge in [0, 0.05) is 51.2 Å². The van der Waals surface area contributed by atoms with Crippen molar-refractivity contribution in [2.24, 2.45) is 11.8 Å². The van der Waals surface area contributed by atoms with E-state index < -0.39 is 0 Å². The third-order valence-electron chi connectivity index (χ3n) is 6.23. The average Bonchev–Trinajstić information content (AvgIpc) is 3.20. The molecule has 28 heavy (non-hydrogen) atoms. The van der Waals surface area contributed by atoms with Gasteiger partial charge in [0.1, 0.15) is 0 Å². The first-order valence-corrected chi connectivity index (χ1v) is 10.3. The number of fused-ring (bicyclic) bond motifs is 1. The molecule has 0 aromatic heterocycles. The van der Waals surface area contributed by atoms with E-state index in [0.29, 0.717) is 11.8 Å². The molecule has 5 heteroatoms. The topological polar surface area (TPSA) is 26.8 Å². The second-order valence-corrected chi connectivity index (χ2v) is 8.75. The molecule has 2 amide bonds. The van der Waals surface area contributed by atoms with Crippen molar-refractivity contribution in [3.05, 3.63) is 70.2 Å². The molecule has 4 nitrogen and oxygen atoms in total. The molecule has 2 fully saturated rings. The molecule has 0 unspecified atom stereocenters. The minimum absolute atomic E-state index is 0.111. The van der Waals surface area contributed by atoms with Crippen LogP contribution >= 0.6 is 11.6 Å². The molecule has 148 valence electrons. The van der Waals surface area contributed by atoms with Crippen LogP contribution in [0.3, 0.4) is 0 Å². The van der Waals surface area contributed by atoms with Gasteiger partial charge in [-0.05, 0) is 35.6 Å². The number of urea groups is 1. The van der Waals surface area contributed by atoms with Crippen molar-refractivity contribution in [2.75, 3.05) is 33.7 Å². The van der Waals surface area contributed by atoms with Gasteiger partial charge in [-0.3, -0.25) is 4.90 Å². The lowest BCUT2D eigenvalue weighted by atomic mass is 9.88. The fourth-order valence-electron chi connectivity index (χ4n) is 4.90. The van der Waals surface area contributed by atoms with E-state index in [1.807, 2.05) is 32.3 Å². The number of carbonyl (C=O) groups is 1. The molecule has 2 aromatic rings. The van der Waals surface area contributed by atoms with Gasteiger partial charge < -0.3 is 9.80 Å². The Morgan fingerprint density at radius 2 is 1.79 bits per heavy atom. The van der Waals surface area contributed by atoms with E-state index in [0.717, 1.165) is 31.2 Å². The van der Waals surface area contributed by atoms with Crippen molar-refractivity contribution < 1.29 is 4.79 Å². The van der Waals surface area contributed by atoms with Gasteiger partial charge in [-0.25, -0.2) is 4.79 Å². The summed E-state index contributed by atoms with van der Waals surface area (Å²) < 4.78 is 0. The number of hydrogen-bond acceptors (Lipinski definition) is 2. The maximum Gasteiger partial charge on any atom is 0.320 e. The summed E-state index contributed by atoms with van der Waals surface area (Å²) >= 11 is 6.38. The fraction of sp³-hybridized carbons (Fsp3) is 0.435. The lowest BCUT2D eigenvalue weighted by Gasteiger charge is -2.32. The van der Waals surface area contributed by atoms with Gasteiger partial charge in [-0.2, -0.15) is 0 Å². The van der Waals surface area contributed by atoms with Crippen molar-refractivity contribution in [1.82, 2.24) is 14.7 Å². The second kappa shape index (κ2) is 7.76. The molecular weight excluding hydrogens is 370 g/mol. The number of rotatable bonds is 3. The first-order valence-electron chi connectivity index (χ1n) is 9.95. The molecule has 0 spiro atoms. The molecule has 0 radical (unpaired) electrons. The molecule has 2 aliphatic rings. The third kappa shape index (κ3) is 3.51. The molecule has 2 saturated heterocycles. The molecule has 0 saturated carbocycles. The fourth-order valence-corrected chi connectivity index (χ4v) is 5.10. The van der Waals surface area contributed by atoms with E-state index >= 15 is 0 Å². The summed E-state index contributed by atoms with van der Waals surface area (Å²) in [4.78, 5) is 19.2. The van der Waals surface area contributed by atoms with Crippen molar-refractivity contribution in [3.63, 3.8) is 0 Å². The summed E-state index contributed by atoms with van der Waals surface area (Å²) in [5, 5.41) is 0.833. The maximum atomic E-state index is 12.9. The summed E-state index contributed by atoms with van der Waals surface area (Å²) in [6.07, 6.45) is 0. The number of aryl methyl sites for hydroxylation is 1. The average molecular weight is 398 g/mol. The first-order chi connectivity index (χ1) is 13.5. The summed E-state index contributed by atoms with van der Waals surface area (Å²) in [6, 6.07) is 16.8. The van der Waals surface area contributed by atoms with Crippen LogP contribution in [0.1, 0.15) is 22.7 Å². The van der Waals surface area contributed by atoms with Gasteiger partial charge in [0.25, 0.3) is 0 Å². The highest BCUT2D eigenvalue weighted by Gasteiger charge is 2.49. The van der Waals surface area contributed by atoms with Crippen LogP contribution in [0.4, 0.5) is 4.79 Å². The summed E-state index contributed by atoms with van der Waals surface area (Å²) in [5.74, 6) is 0.948. The highest BCUT2D eigenvalue weighted by molar-refractivity contribution is 6.31. The van der Waals surface area contributed by atoms with Crippen LogP contribution in [0.5, 0.6) is 0 Å². The molecule has 0 bridgehead atoms. The number of likely N-dealkylation sites (tertiary alicyclic amines) is 2. The van der Waals surface area contributed by atoms with Gasteiger partial charge in [0.2, 0.25) is 0 Å². The van der Waals surface area contributed by atoms with E-state index in [2.05, 4.69) is 47.1 Å². The zero-order valence-corrected chi connectivity index (χ0v) is 17.6. The predicted molar refractivity (Wildman–Crippen MR) is 113 cm³/mol. The predicted octanol–water partition coefficient (Wildman–Crippen LogP) is 4.43. The summed E-state index contributed by atoms with van der Waals surface area (Å²) in [7, 11) is 3.68. The number of carbonyl (C=O) groups excluding carboxylic acids is 1. The Balaban J connectivity index is 1.60. The van der Waals surface area contributed by atoms with Crippen molar-refractivity contribution in [1.29, 1.82) is 0 Å². The number of benzene rings is 2. The van der Waals surface area contributed by atoms with Gasteiger partial charge in [0.05, 0.1) is 6.04 Å². The number of amides is 2. The molecule has 4 rings (SSSR count). The lowest BCUT2D eigenvalue weighted by Crippen LogP contribution is -2.41. The number of nitrogens with zero attached hydrogens (tertiary/aromatic N) is 3. The number of hydrogen-bond donors (Lipinski definition) is 0. The molecule has 3 atom stereocenters. The lowest BCUT2D eigenvalue weighted by molar-refractivity contribution is 0.151. The van der Waals surface area contributed by atoms with Crippen LogP contribution in [0.15, 0.2) is 48.5 Å². The van der Waals surface area contributed by atoms with E-state index in [4.69, 9.17) is 11.6 Å². The van der Waals surface area contributed by atoms with Gasteiger partial charge >= 0.3 is 6.03 Å². The summed E-state index contributed by atoms with van der Waals surface area (Å²) in [5.41, 5.74) is 3.72. The van der Waals surface area contributed by atoms with Crippen LogP contribution < -0.4 is 0 Å². The molecule has 2 aromatic carbocycles. The van der Waals surface area contributed by atoms with Crippen molar-refractivity contribution in [2.45, 2.75) is 19.5 Å². The van der Waals surface area contributed by atoms with Crippen LogP contribution in [-0.2, 0) is 6.54 Å². The van der Waals surface area contributed by atoms with E-state index in [1.165, 1.54) is 16.7 Å². The largest absolute Gasteiger partial charge is 0.331 e. The van der Waals surface area contributed by atoms with Crippen LogP contribution in [0.2, 0.25) is 5.02 Å². The van der Waals surface area contributed by atoms with Crippen molar-refractivity contribution >= 4 is 17.6 Å². The quantitative estimate of drug-likeness (QED) is 0.765. The molecular formula is C23H28ClN3O. The maximum absolute atomic E-state index is 12.9. The molecule has 0 N–H and O–H groups in total. The van der Waals surface area contributed by atoms with Crippen LogP contribution in [-0.4, -0.2) is 54.5 Å². The SMILES string of the molecule is Cc1ccccc1[C@H]1[C@@H]2CN(Cc3ccccc3Cl)C[C@@H]2CN1C(=O)N(C)C. The Hall–Kier alpha value is -2.04. The Bertz CT molecular complexity index is 868. The normalized spacial score (nSPS) is 24.4. The highest BCUT2D eigenvalue weighted by Crippen LogP contribution is 2.46. The van der Waals surface area contributed by atoms with Crippen LogP contribution in [0, 0.1) is 18.8 Å². The van der Waals surface area contributed by atoms with Gasteiger partial charge in [-0.1, -0.05) is 54.1 Å². The Kier molecular flexibility index (Phi) is 5.35. The third-order valence-corrected chi connectivity index (χ3v) is 6.60. The summed E-state index contributed by atoms with van der Waals surface area (Å²) in [6.45, 7) is 5.84. The Morgan fingerprint density at radius 3 is 2.50 bits per heavy atom. The number of halogens is 1. The minimum Gasteiger partial charge on any atom is -0.331 e. The standard InChI is InChI=1S/C23H28ClN3O/c1-16-8-4-6-10-19(16)22-20-15-26(12-17-9-5-7-11-21(17)24)13-18(20)14-27(22)23(28)25(2)3/h4-11,18,20,22H,12-15H2,1-3H3/t18-,20-,22+/m1/s1. The minimum atomic E-state index is 0.111. The van der Waals surface area contributed by atoms with E-state index in [9.17, 15) is 4.79 Å². The Morgan fingerprint density at radius 1 is 1.07 bits per heavy atom. The first kappa shape index (κ1) is 19.3. The zero-order valence-electron chi connectivity index (χ0n) is 16.8. The van der Waals surface area contributed by atoms with Crippen LogP contribution in [0.25, 0.3) is 0 Å². The van der Waals surface area contributed by atoms with E-state index in [-0.39, 0.29) is 12.1 Å². The molecule has 2 heterocycles. The molecule has 0 aliphatic carbocycles. The van der Waals surface area contributed by atoms with E-state index in [1.54, 1.807) is 4.90 Å². The van der Waals surface area contributed by atoms with Gasteiger partial charge in [-0.15, -0.1) is 0 Å². The zero-order chi connectivity index (χ0) is 19.8. The molecule has 2 aliphatic heterocycles. The highest BCUT2D eigenvalue weighted by atomic mass is 35.5. The second-order valence-electron chi connectivity index (χ2n) is 8.34. The van der Waals surface area contributed by atoms with Crippen molar-refractivity contribution in [3.8, 4) is 0 Å². The van der Waals surface area contributed by atoms with Gasteiger partial charge in [0.15, 0.2) is 0 Å². The monoisotopic (exact) mass is 397 g/mol. The smallest absolute Gasteiger partial charge is 0.320 e.